The number of aldehydes is 1. The molecule has 21 heavy (non-hydrogen) atoms. The van der Waals surface area contributed by atoms with Gasteiger partial charge in [-0.1, -0.05) is 49.7 Å². The molecule has 0 saturated carbocycles. The van der Waals surface area contributed by atoms with Crippen LogP contribution in [0.3, 0.4) is 0 Å². The smallest absolute Gasteiger partial charge is 0.147 e. The van der Waals surface area contributed by atoms with Gasteiger partial charge in [-0.05, 0) is 36.1 Å². The number of benzene rings is 2. The van der Waals surface area contributed by atoms with E-state index in [1.54, 1.807) is 0 Å². The summed E-state index contributed by atoms with van der Waals surface area (Å²) in [5.74, 6) is 0. The Labute approximate surface area is 126 Å². The zero-order valence-electron chi connectivity index (χ0n) is 12.7. The lowest BCUT2D eigenvalue weighted by Gasteiger charge is -2.38. The molecule has 2 aromatic rings. The average molecular weight is 279 g/mol. The summed E-state index contributed by atoms with van der Waals surface area (Å²) in [6.45, 7) is 5.23. The van der Waals surface area contributed by atoms with E-state index in [1.807, 2.05) is 0 Å². The van der Waals surface area contributed by atoms with E-state index in [0.717, 1.165) is 31.2 Å². The molecule has 2 heteroatoms. The molecule has 0 saturated heterocycles. The lowest BCUT2D eigenvalue weighted by atomic mass is 9.85. The molecule has 2 nitrogen and oxygen atoms in total. The molecule has 108 valence electrons. The summed E-state index contributed by atoms with van der Waals surface area (Å²) in [5, 5.41) is 0. The largest absolute Gasteiger partial charge is 0.357 e. The first-order chi connectivity index (χ1) is 10.3. The van der Waals surface area contributed by atoms with Crippen LogP contribution in [0.15, 0.2) is 42.5 Å². The average Bonchev–Trinajstić information content (AvgIpc) is 2.52. The van der Waals surface area contributed by atoms with Gasteiger partial charge < -0.3 is 9.69 Å². The molecule has 1 unspecified atom stereocenters. The first-order valence-corrected chi connectivity index (χ1v) is 7.68. The second kappa shape index (κ2) is 5.72. The van der Waals surface area contributed by atoms with Gasteiger partial charge in [-0.3, -0.25) is 0 Å². The van der Waals surface area contributed by atoms with Crippen molar-refractivity contribution in [1.82, 2.24) is 0 Å². The molecule has 0 spiro atoms. The Bertz CT molecular complexity index is 662. The lowest BCUT2D eigenvalue weighted by Crippen LogP contribution is -2.34. The van der Waals surface area contributed by atoms with Crippen LogP contribution >= 0.6 is 0 Å². The van der Waals surface area contributed by atoms with Crippen LogP contribution in [-0.2, 0) is 4.79 Å². The number of hydrogen-bond acceptors (Lipinski definition) is 2. The number of fused-ring (bicyclic) bond motifs is 3. The molecule has 0 radical (unpaired) electrons. The highest BCUT2D eigenvalue weighted by atomic mass is 16.1. The van der Waals surface area contributed by atoms with Crippen LogP contribution in [0.1, 0.15) is 36.9 Å². The maximum Gasteiger partial charge on any atom is 0.147 e. The van der Waals surface area contributed by atoms with E-state index in [4.69, 9.17) is 0 Å². The van der Waals surface area contributed by atoms with Crippen molar-refractivity contribution >= 4 is 12.0 Å². The molecule has 1 aliphatic heterocycles. The van der Waals surface area contributed by atoms with Crippen molar-refractivity contribution in [2.24, 2.45) is 0 Å². The Morgan fingerprint density at radius 2 is 1.95 bits per heavy atom. The zero-order chi connectivity index (χ0) is 14.8. The molecular weight excluding hydrogens is 258 g/mol. The Morgan fingerprint density at radius 3 is 2.71 bits per heavy atom. The molecule has 3 rings (SSSR count). The molecule has 0 amide bonds. The van der Waals surface area contributed by atoms with Crippen LogP contribution in [0, 0.1) is 6.92 Å². The van der Waals surface area contributed by atoms with E-state index in [0.29, 0.717) is 0 Å². The molecule has 2 aromatic carbocycles. The minimum absolute atomic E-state index is 0.165. The van der Waals surface area contributed by atoms with Gasteiger partial charge in [0.15, 0.2) is 0 Å². The predicted molar refractivity (Wildman–Crippen MR) is 87.7 cm³/mol. The predicted octanol–water partition coefficient (Wildman–Crippen LogP) is 4.52. The normalized spacial score (nSPS) is 16.3. The van der Waals surface area contributed by atoms with Crippen LogP contribution in [0.5, 0.6) is 0 Å². The van der Waals surface area contributed by atoms with Crippen molar-refractivity contribution in [1.29, 1.82) is 0 Å². The van der Waals surface area contributed by atoms with Crippen molar-refractivity contribution in [2.45, 2.75) is 32.7 Å². The first-order valence-electron chi connectivity index (χ1n) is 7.68. The molecule has 0 aromatic heterocycles. The maximum atomic E-state index is 11.8. The van der Waals surface area contributed by atoms with Crippen molar-refractivity contribution in [2.75, 3.05) is 11.4 Å². The fourth-order valence-electron chi connectivity index (χ4n) is 3.29. The third kappa shape index (κ3) is 2.25. The van der Waals surface area contributed by atoms with E-state index in [9.17, 15) is 4.79 Å². The van der Waals surface area contributed by atoms with Gasteiger partial charge in [-0.25, -0.2) is 0 Å². The Balaban J connectivity index is 2.21. The number of nitrogens with zero attached hydrogens (tertiary/aromatic N) is 1. The molecule has 0 N–H and O–H groups in total. The van der Waals surface area contributed by atoms with Crippen molar-refractivity contribution in [3.8, 4) is 11.1 Å². The third-order valence-electron chi connectivity index (χ3n) is 4.32. The standard InChI is InChI=1S/C19H21NO/c1-3-4-12-20-17-11-6-5-9-15(17)19-14(2)8-7-10-16(19)18(20)13-21/h5-11,13,18H,3-4,12H2,1-2H3. The Hall–Kier alpha value is -2.09. The Morgan fingerprint density at radius 1 is 1.14 bits per heavy atom. The van der Waals surface area contributed by atoms with Crippen LogP contribution in [0.2, 0.25) is 0 Å². The van der Waals surface area contributed by atoms with Gasteiger partial charge in [-0.15, -0.1) is 0 Å². The summed E-state index contributed by atoms with van der Waals surface area (Å²) in [4.78, 5) is 14.0. The van der Waals surface area contributed by atoms with E-state index >= 15 is 0 Å². The van der Waals surface area contributed by atoms with E-state index in [2.05, 4.69) is 61.2 Å². The molecule has 1 atom stereocenters. The molecule has 1 heterocycles. The summed E-state index contributed by atoms with van der Waals surface area (Å²) in [6.07, 6.45) is 3.31. The highest BCUT2D eigenvalue weighted by Gasteiger charge is 2.30. The van der Waals surface area contributed by atoms with E-state index < -0.39 is 0 Å². The van der Waals surface area contributed by atoms with Crippen LogP contribution in [0.25, 0.3) is 11.1 Å². The van der Waals surface area contributed by atoms with Crippen LogP contribution < -0.4 is 4.90 Å². The number of carbonyl (C=O) groups is 1. The van der Waals surface area contributed by atoms with E-state index in [1.165, 1.54) is 22.4 Å². The van der Waals surface area contributed by atoms with Crippen LogP contribution in [-0.4, -0.2) is 12.8 Å². The summed E-state index contributed by atoms with van der Waals surface area (Å²) in [6, 6.07) is 14.5. The molecule has 0 aliphatic carbocycles. The van der Waals surface area contributed by atoms with Gasteiger partial charge in [-0.2, -0.15) is 0 Å². The number of rotatable bonds is 4. The summed E-state index contributed by atoms with van der Waals surface area (Å²) in [5.41, 5.74) is 6.05. The third-order valence-corrected chi connectivity index (χ3v) is 4.32. The summed E-state index contributed by atoms with van der Waals surface area (Å²) >= 11 is 0. The molecular formula is C19H21NO. The topological polar surface area (TPSA) is 20.3 Å². The zero-order valence-corrected chi connectivity index (χ0v) is 12.7. The van der Waals surface area contributed by atoms with Crippen LogP contribution in [0.4, 0.5) is 5.69 Å². The summed E-state index contributed by atoms with van der Waals surface area (Å²) in [7, 11) is 0. The molecule has 0 bridgehead atoms. The van der Waals surface area contributed by atoms with Crippen molar-refractivity contribution < 1.29 is 4.79 Å². The number of anilines is 1. The second-order valence-electron chi connectivity index (χ2n) is 5.68. The minimum Gasteiger partial charge on any atom is -0.357 e. The number of hydrogen-bond donors (Lipinski definition) is 0. The van der Waals surface area contributed by atoms with Gasteiger partial charge >= 0.3 is 0 Å². The SMILES string of the molecule is CCCCN1c2ccccc2-c2c(C)cccc2C1C=O. The highest BCUT2D eigenvalue weighted by molar-refractivity contribution is 5.90. The van der Waals surface area contributed by atoms with Crippen molar-refractivity contribution in [3.63, 3.8) is 0 Å². The number of carbonyl (C=O) groups excluding carboxylic acids is 1. The van der Waals surface area contributed by atoms with Gasteiger partial charge in [0, 0.05) is 17.8 Å². The Kier molecular flexibility index (Phi) is 3.78. The first kappa shape index (κ1) is 13.9. The van der Waals surface area contributed by atoms with Gasteiger partial charge in [0.25, 0.3) is 0 Å². The fourth-order valence-corrected chi connectivity index (χ4v) is 3.29. The maximum absolute atomic E-state index is 11.8. The van der Waals surface area contributed by atoms with Gasteiger partial charge in [0.1, 0.15) is 12.3 Å². The fraction of sp³-hybridized carbons (Fsp3) is 0.316. The lowest BCUT2D eigenvalue weighted by molar-refractivity contribution is -0.109. The number of aryl methyl sites for hydroxylation is 1. The van der Waals surface area contributed by atoms with E-state index in [-0.39, 0.29) is 6.04 Å². The monoisotopic (exact) mass is 279 g/mol. The van der Waals surface area contributed by atoms with Crippen molar-refractivity contribution in [3.05, 3.63) is 53.6 Å². The minimum atomic E-state index is -0.165. The van der Waals surface area contributed by atoms with Gasteiger partial charge in [0.2, 0.25) is 0 Å². The quantitative estimate of drug-likeness (QED) is 0.767. The molecule has 1 aliphatic rings. The molecule has 0 fully saturated rings. The summed E-state index contributed by atoms with van der Waals surface area (Å²) < 4.78 is 0. The second-order valence-corrected chi connectivity index (χ2v) is 5.68. The number of para-hydroxylation sites is 1. The highest BCUT2D eigenvalue weighted by Crippen LogP contribution is 2.45. The van der Waals surface area contributed by atoms with Gasteiger partial charge in [0.05, 0.1) is 0 Å². The number of unbranched alkanes of at least 4 members (excludes halogenated alkanes) is 1.